The van der Waals surface area contributed by atoms with Gasteiger partial charge in [-0.2, -0.15) is 0 Å². The number of anilines is 2. The van der Waals surface area contributed by atoms with E-state index < -0.39 is 11.0 Å². The van der Waals surface area contributed by atoms with Crippen molar-refractivity contribution in [2.75, 3.05) is 35.9 Å². The van der Waals surface area contributed by atoms with Crippen LogP contribution in [0.2, 0.25) is 0 Å². The molecule has 232 valence electrons. The summed E-state index contributed by atoms with van der Waals surface area (Å²) in [5.41, 5.74) is 1.59. The van der Waals surface area contributed by atoms with Crippen LogP contribution in [0.1, 0.15) is 66.5 Å². The van der Waals surface area contributed by atoms with Crippen molar-refractivity contribution in [3.8, 4) is 5.75 Å². The van der Waals surface area contributed by atoms with Crippen LogP contribution in [-0.2, 0) is 11.0 Å². The number of benzene rings is 2. The lowest BCUT2D eigenvalue weighted by Gasteiger charge is -2.30. The van der Waals surface area contributed by atoms with E-state index in [0.29, 0.717) is 17.7 Å². The molecule has 0 spiro atoms. The number of likely N-dealkylation sites (tertiary alicyclic amines) is 1. The summed E-state index contributed by atoms with van der Waals surface area (Å²) in [6.45, 7) is 18.9. The van der Waals surface area contributed by atoms with Crippen molar-refractivity contribution < 1.29 is 8.95 Å². The number of allylic oxidation sites excluding steroid dienone is 2. The van der Waals surface area contributed by atoms with Gasteiger partial charge in [-0.25, -0.2) is 14.2 Å². The Morgan fingerprint density at radius 1 is 1.21 bits per heavy atom. The lowest BCUT2D eigenvalue weighted by Crippen LogP contribution is -2.40. The number of thioether (sulfide) groups is 1. The Hall–Kier alpha value is -2.88. The van der Waals surface area contributed by atoms with Crippen LogP contribution in [0.25, 0.3) is 15.7 Å². The highest BCUT2D eigenvalue weighted by Gasteiger charge is 2.23. The van der Waals surface area contributed by atoms with E-state index in [1.807, 2.05) is 49.5 Å². The first-order valence-corrected chi connectivity index (χ1v) is 17.3. The highest BCUT2D eigenvalue weighted by Crippen LogP contribution is 2.41. The molecule has 0 saturated carbocycles. The maximum absolute atomic E-state index is 12.9. The van der Waals surface area contributed by atoms with Gasteiger partial charge in [0.2, 0.25) is 5.95 Å². The van der Waals surface area contributed by atoms with Crippen LogP contribution in [0.15, 0.2) is 65.9 Å². The summed E-state index contributed by atoms with van der Waals surface area (Å²) in [4.78, 5) is 13.8. The molecular formula is C34H47N5O2S2. The summed E-state index contributed by atoms with van der Waals surface area (Å²) in [5, 5.41) is 5.48. The number of aromatic nitrogens is 2. The average molecular weight is 622 g/mol. The maximum atomic E-state index is 12.9. The Kier molecular flexibility index (Phi) is 11.3. The number of nitrogens with zero attached hydrogens (tertiary/aromatic N) is 3. The van der Waals surface area contributed by atoms with Gasteiger partial charge in [0.1, 0.15) is 22.5 Å². The van der Waals surface area contributed by atoms with Gasteiger partial charge in [0, 0.05) is 41.2 Å². The van der Waals surface area contributed by atoms with Crippen LogP contribution in [0, 0.1) is 11.3 Å². The number of hydrogen-bond donors (Lipinski definition) is 2. The molecule has 0 amide bonds. The van der Waals surface area contributed by atoms with Crippen LogP contribution in [-0.4, -0.2) is 51.0 Å². The van der Waals surface area contributed by atoms with Gasteiger partial charge in [0.05, 0.1) is 16.3 Å². The number of nitrogens with one attached hydrogen (secondary N) is 2. The summed E-state index contributed by atoms with van der Waals surface area (Å²) in [7, 11) is 0.951. The summed E-state index contributed by atoms with van der Waals surface area (Å²) in [6.07, 6.45) is 4.97. The van der Waals surface area contributed by atoms with Gasteiger partial charge in [0.15, 0.2) is 0 Å². The molecule has 0 aliphatic carbocycles. The molecule has 43 heavy (non-hydrogen) atoms. The normalized spacial score (nSPS) is 18.1. The van der Waals surface area contributed by atoms with Gasteiger partial charge < -0.3 is 19.7 Å². The van der Waals surface area contributed by atoms with E-state index in [0.717, 1.165) is 75.8 Å². The number of ether oxygens (including phenoxy) is 1. The molecule has 1 fully saturated rings. The summed E-state index contributed by atoms with van der Waals surface area (Å²) >= 11 is 1.58. The van der Waals surface area contributed by atoms with E-state index in [4.69, 9.17) is 9.72 Å². The smallest absolute Gasteiger partial charge is 0.223 e. The fourth-order valence-corrected chi connectivity index (χ4v) is 7.29. The molecule has 1 saturated heterocycles. The van der Waals surface area contributed by atoms with Crippen LogP contribution < -0.4 is 14.8 Å². The molecule has 1 aliphatic heterocycles. The zero-order chi connectivity index (χ0) is 31.1. The number of rotatable bonds is 12. The van der Waals surface area contributed by atoms with Crippen LogP contribution >= 0.6 is 11.8 Å². The van der Waals surface area contributed by atoms with Crippen molar-refractivity contribution in [2.24, 2.45) is 11.3 Å². The van der Waals surface area contributed by atoms with Gasteiger partial charge in [-0.15, -0.1) is 0 Å². The molecule has 1 aliphatic rings. The predicted octanol–water partition coefficient (Wildman–Crippen LogP) is 8.32. The first kappa shape index (κ1) is 33.0. The van der Waals surface area contributed by atoms with E-state index in [1.165, 1.54) is 0 Å². The van der Waals surface area contributed by atoms with E-state index in [2.05, 4.69) is 74.2 Å². The first-order valence-electron chi connectivity index (χ1n) is 15.1. The monoisotopic (exact) mass is 621 g/mol. The first-order chi connectivity index (χ1) is 20.4. The molecule has 4 rings (SSSR count). The topological polar surface area (TPSA) is 79.4 Å². The van der Waals surface area contributed by atoms with E-state index in [9.17, 15) is 4.21 Å². The largest absolute Gasteiger partial charge is 0.460 e. The fourth-order valence-electron chi connectivity index (χ4n) is 5.10. The molecule has 7 nitrogen and oxygen atoms in total. The lowest BCUT2D eigenvalue weighted by molar-refractivity contribution is 0.260. The van der Waals surface area contributed by atoms with Crippen molar-refractivity contribution in [1.29, 1.82) is 0 Å². The third kappa shape index (κ3) is 9.30. The maximum Gasteiger partial charge on any atom is 0.223 e. The average Bonchev–Trinajstić information content (AvgIpc) is 2.94. The minimum atomic E-state index is -1.20. The van der Waals surface area contributed by atoms with Crippen molar-refractivity contribution in [2.45, 2.75) is 66.8 Å². The van der Waals surface area contributed by atoms with Crippen LogP contribution in [0.5, 0.6) is 5.75 Å². The molecule has 3 atom stereocenters. The highest BCUT2D eigenvalue weighted by molar-refractivity contribution is 8.11. The molecule has 3 aromatic rings. The number of fused-ring (bicyclic) bond motifs is 1. The standard InChI is InChI=1S/C34H47N5O2S2/c1-9-24(4)31(32(42-23(2)3)29-18-19-35-33(37-29)36-25-13-12-20-39(8)21-25)41-30-17-16-28(26-14-10-11-15-27(26)30)38-43(40)22-34(5,6)7/h10-11,14-19,24-25,38H,2,9,12-13,20-22H2,1,3-8H3,(H,35,36,37)/b32-31+. The summed E-state index contributed by atoms with van der Waals surface area (Å²) in [6, 6.07) is 14.3. The Bertz CT molecular complexity index is 1480. The fraction of sp³-hybridized carbons (Fsp3) is 0.471. The second-order valence-corrected chi connectivity index (χ2v) is 15.2. The zero-order valence-corrected chi connectivity index (χ0v) is 28.3. The highest BCUT2D eigenvalue weighted by atomic mass is 32.2. The number of likely N-dealkylation sites (N-methyl/N-ethyl adjacent to an activating group) is 1. The predicted molar refractivity (Wildman–Crippen MR) is 186 cm³/mol. The van der Waals surface area contributed by atoms with Crippen molar-refractivity contribution >= 4 is 50.1 Å². The number of hydrogen-bond acceptors (Lipinski definition) is 7. The van der Waals surface area contributed by atoms with Gasteiger partial charge in [-0.3, -0.25) is 0 Å². The van der Waals surface area contributed by atoms with Crippen molar-refractivity contribution in [1.82, 2.24) is 14.9 Å². The lowest BCUT2D eigenvalue weighted by atomic mass is 10.0. The molecule has 0 radical (unpaired) electrons. The van der Waals surface area contributed by atoms with Gasteiger partial charge >= 0.3 is 0 Å². The van der Waals surface area contributed by atoms with E-state index >= 15 is 0 Å². The summed E-state index contributed by atoms with van der Waals surface area (Å²) < 4.78 is 23.0. The quantitative estimate of drug-likeness (QED) is 0.197. The third-order valence-electron chi connectivity index (χ3n) is 7.30. The molecule has 3 unspecified atom stereocenters. The third-order valence-corrected chi connectivity index (χ3v) is 9.84. The van der Waals surface area contributed by atoms with Gasteiger partial charge in [-0.05, 0) is 68.3 Å². The molecule has 1 aromatic heterocycles. The number of piperidine rings is 1. The minimum absolute atomic E-state index is 0.0484. The van der Waals surface area contributed by atoms with Crippen LogP contribution in [0.4, 0.5) is 11.6 Å². The molecule has 2 heterocycles. The molecule has 2 aromatic carbocycles. The summed E-state index contributed by atoms with van der Waals surface area (Å²) in [5.74, 6) is 2.89. The van der Waals surface area contributed by atoms with Crippen molar-refractivity contribution in [3.05, 3.63) is 71.6 Å². The zero-order valence-electron chi connectivity index (χ0n) is 26.7. The van der Waals surface area contributed by atoms with E-state index in [1.54, 1.807) is 11.8 Å². The SMILES string of the molecule is C=C(C)S/C(=C(/Oc1ccc(NS(=O)CC(C)(C)C)c2ccccc12)C(C)CC)c1ccnc(NC2CCCN(C)C2)n1. The molecule has 9 heteroatoms. The van der Waals surface area contributed by atoms with E-state index in [-0.39, 0.29) is 11.3 Å². The molecule has 0 bridgehead atoms. The molecule has 2 N–H and O–H groups in total. The Labute approximate surface area is 264 Å². The van der Waals surface area contributed by atoms with Crippen LogP contribution in [0.3, 0.4) is 0 Å². The Morgan fingerprint density at radius 3 is 2.63 bits per heavy atom. The Morgan fingerprint density at radius 2 is 1.95 bits per heavy atom. The second-order valence-electron chi connectivity index (χ2n) is 12.7. The van der Waals surface area contributed by atoms with Gasteiger partial charge in [-0.1, -0.05) is 77.2 Å². The minimum Gasteiger partial charge on any atom is -0.460 e. The second kappa shape index (κ2) is 14.7. The molecular weight excluding hydrogens is 575 g/mol. The Balaban J connectivity index is 1.73. The van der Waals surface area contributed by atoms with Gasteiger partial charge in [0.25, 0.3) is 0 Å². The van der Waals surface area contributed by atoms with Crippen molar-refractivity contribution in [3.63, 3.8) is 0 Å².